The zero-order chi connectivity index (χ0) is 14.2. The Morgan fingerprint density at radius 1 is 1.37 bits per heavy atom. The first kappa shape index (κ1) is 13.0. The molecule has 0 saturated carbocycles. The average molecular weight is 265 g/mol. The number of carboxylic acid groups (broad SMARTS) is 1. The summed E-state index contributed by atoms with van der Waals surface area (Å²) in [6, 6.07) is 5.16. The number of rotatable bonds is 3. The molecule has 1 aromatic carbocycles. The van der Waals surface area contributed by atoms with E-state index in [0.29, 0.717) is 0 Å². The number of halogens is 1. The Morgan fingerprint density at radius 2 is 2.00 bits per heavy atom. The number of hydrogen-bond donors (Lipinski definition) is 1. The maximum absolute atomic E-state index is 13.6. The molecular weight excluding hydrogens is 253 g/mol. The van der Waals surface area contributed by atoms with E-state index in [1.54, 1.807) is 19.9 Å². The molecule has 1 N–H and O–H groups in total. The standard InChI is InChI=1S/C12H12FN3O3/c1-7(2)15-10(11(17)18)14-16(12(15)19)9-6-4-3-5-8(9)13/h3-7H,1-2H3,(H,17,18). The molecule has 0 fully saturated rings. The van der Waals surface area contributed by atoms with Crippen LogP contribution in [0, 0.1) is 5.82 Å². The number of benzene rings is 1. The predicted molar refractivity (Wildman–Crippen MR) is 65.1 cm³/mol. The van der Waals surface area contributed by atoms with E-state index in [0.717, 1.165) is 9.25 Å². The van der Waals surface area contributed by atoms with Crippen LogP contribution in [-0.2, 0) is 0 Å². The fourth-order valence-corrected chi connectivity index (χ4v) is 1.77. The summed E-state index contributed by atoms with van der Waals surface area (Å²) < 4.78 is 15.4. The molecule has 100 valence electrons. The molecule has 7 heteroatoms. The number of para-hydroxylation sites is 1. The summed E-state index contributed by atoms with van der Waals surface area (Å²) in [4.78, 5) is 23.2. The van der Waals surface area contributed by atoms with Crippen LogP contribution in [0.4, 0.5) is 4.39 Å². The molecule has 6 nitrogen and oxygen atoms in total. The summed E-state index contributed by atoms with van der Waals surface area (Å²) in [5.74, 6) is -2.39. The van der Waals surface area contributed by atoms with E-state index in [2.05, 4.69) is 5.10 Å². The van der Waals surface area contributed by atoms with Crippen molar-refractivity contribution in [1.29, 1.82) is 0 Å². The molecule has 1 aromatic heterocycles. The SMILES string of the molecule is CC(C)n1c(C(=O)O)nn(-c2ccccc2F)c1=O. The molecule has 0 radical (unpaired) electrons. The maximum Gasteiger partial charge on any atom is 0.374 e. The molecular formula is C12H12FN3O3. The number of carbonyl (C=O) groups is 1. The Labute approximate surface area is 107 Å². The molecule has 0 atom stereocenters. The smallest absolute Gasteiger partial charge is 0.374 e. The monoisotopic (exact) mass is 265 g/mol. The van der Waals surface area contributed by atoms with Crippen molar-refractivity contribution in [2.75, 3.05) is 0 Å². The van der Waals surface area contributed by atoms with Gasteiger partial charge in [0, 0.05) is 6.04 Å². The lowest BCUT2D eigenvalue weighted by molar-refractivity contribution is 0.0675. The molecule has 0 saturated heterocycles. The Morgan fingerprint density at radius 3 is 2.47 bits per heavy atom. The van der Waals surface area contributed by atoms with Crippen molar-refractivity contribution in [1.82, 2.24) is 14.3 Å². The van der Waals surface area contributed by atoms with Crippen LogP contribution in [0.5, 0.6) is 0 Å². The zero-order valence-electron chi connectivity index (χ0n) is 10.4. The Balaban J connectivity index is 2.74. The normalized spacial score (nSPS) is 10.9. The lowest BCUT2D eigenvalue weighted by atomic mass is 10.3. The van der Waals surface area contributed by atoms with Gasteiger partial charge in [0.25, 0.3) is 0 Å². The predicted octanol–water partition coefficient (Wildman–Crippen LogP) is 1.45. The summed E-state index contributed by atoms with van der Waals surface area (Å²) in [5.41, 5.74) is -0.757. The minimum Gasteiger partial charge on any atom is -0.475 e. The van der Waals surface area contributed by atoms with Gasteiger partial charge >= 0.3 is 11.7 Å². The van der Waals surface area contributed by atoms with Crippen LogP contribution in [0.15, 0.2) is 29.1 Å². The molecule has 0 aliphatic rings. The van der Waals surface area contributed by atoms with Gasteiger partial charge in [0.05, 0.1) is 0 Å². The summed E-state index contributed by atoms with van der Waals surface area (Å²) in [5, 5.41) is 12.7. The molecule has 2 rings (SSSR count). The highest BCUT2D eigenvalue weighted by molar-refractivity contribution is 5.83. The number of nitrogens with zero attached hydrogens (tertiary/aromatic N) is 3. The van der Waals surface area contributed by atoms with Crippen LogP contribution in [0.25, 0.3) is 5.69 Å². The largest absolute Gasteiger partial charge is 0.475 e. The van der Waals surface area contributed by atoms with Gasteiger partial charge in [0.2, 0.25) is 5.82 Å². The fraction of sp³-hybridized carbons (Fsp3) is 0.250. The minimum absolute atomic E-state index is 0.0746. The number of aromatic carboxylic acids is 1. The summed E-state index contributed by atoms with van der Waals surface area (Å²) in [7, 11) is 0. The number of hydrogen-bond acceptors (Lipinski definition) is 3. The van der Waals surface area contributed by atoms with Crippen molar-refractivity contribution in [3.05, 3.63) is 46.4 Å². The molecule has 0 aliphatic carbocycles. The highest BCUT2D eigenvalue weighted by Gasteiger charge is 2.22. The third kappa shape index (κ3) is 2.14. The van der Waals surface area contributed by atoms with Gasteiger partial charge in [-0.05, 0) is 26.0 Å². The summed E-state index contributed by atoms with van der Waals surface area (Å²) in [6.45, 7) is 3.31. The van der Waals surface area contributed by atoms with Crippen molar-refractivity contribution in [2.24, 2.45) is 0 Å². The van der Waals surface area contributed by atoms with Gasteiger partial charge < -0.3 is 5.11 Å². The second-order valence-electron chi connectivity index (χ2n) is 4.24. The molecule has 0 amide bonds. The van der Waals surface area contributed by atoms with Crippen LogP contribution < -0.4 is 5.69 Å². The molecule has 0 bridgehead atoms. The Kier molecular flexibility index (Phi) is 3.20. The van der Waals surface area contributed by atoms with E-state index in [1.807, 2.05) is 0 Å². The molecule has 0 unspecified atom stereocenters. The molecule has 2 aromatic rings. The molecule has 0 aliphatic heterocycles. The number of aromatic nitrogens is 3. The zero-order valence-corrected chi connectivity index (χ0v) is 10.4. The van der Waals surface area contributed by atoms with Gasteiger partial charge in [-0.1, -0.05) is 12.1 Å². The minimum atomic E-state index is -1.33. The maximum atomic E-state index is 13.6. The summed E-state index contributed by atoms with van der Waals surface area (Å²) >= 11 is 0. The van der Waals surface area contributed by atoms with Crippen molar-refractivity contribution < 1.29 is 14.3 Å². The van der Waals surface area contributed by atoms with E-state index in [9.17, 15) is 14.0 Å². The summed E-state index contributed by atoms with van der Waals surface area (Å²) in [6.07, 6.45) is 0. The third-order valence-corrected chi connectivity index (χ3v) is 2.60. The second kappa shape index (κ2) is 4.68. The highest BCUT2D eigenvalue weighted by Crippen LogP contribution is 2.12. The van der Waals surface area contributed by atoms with Gasteiger partial charge in [-0.25, -0.2) is 14.0 Å². The van der Waals surface area contributed by atoms with Crippen LogP contribution in [-0.4, -0.2) is 25.4 Å². The van der Waals surface area contributed by atoms with E-state index < -0.39 is 23.3 Å². The van der Waals surface area contributed by atoms with Gasteiger partial charge in [-0.15, -0.1) is 5.10 Å². The van der Waals surface area contributed by atoms with Crippen LogP contribution in [0.3, 0.4) is 0 Å². The average Bonchev–Trinajstić information content (AvgIpc) is 2.68. The van der Waals surface area contributed by atoms with Crippen LogP contribution in [0.2, 0.25) is 0 Å². The van der Waals surface area contributed by atoms with E-state index in [-0.39, 0.29) is 11.7 Å². The quantitative estimate of drug-likeness (QED) is 0.911. The van der Waals surface area contributed by atoms with Crippen molar-refractivity contribution in [2.45, 2.75) is 19.9 Å². The molecule has 1 heterocycles. The number of carboxylic acids is 1. The van der Waals surface area contributed by atoms with Crippen LogP contribution in [0.1, 0.15) is 30.5 Å². The fourth-order valence-electron chi connectivity index (χ4n) is 1.77. The van der Waals surface area contributed by atoms with Gasteiger partial charge in [-0.3, -0.25) is 4.57 Å². The van der Waals surface area contributed by atoms with Gasteiger partial charge in [-0.2, -0.15) is 4.68 Å². The van der Waals surface area contributed by atoms with Gasteiger partial charge in [0.15, 0.2) is 0 Å². The topological polar surface area (TPSA) is 77.1 Å². The van der Waals surface area contributed by atoms with E-state index in [1.165, 1.54) is 18.2 Å². The molecule has 19 heavy (non-hydrogen) atoms. The molecule has 0 spiro atoms. The first-order valence-electron chi connectivity index (χ1n) is 5.63. The van der Waals surface area contributed by atoms with Crippen molar-refractivity contribution >= 4 is 5.97 Å². The van der Waals surface area contributed by atoms with E-state index in [4.69, 9.17) is 5.11 Å². The van der Waals surface area contributed by atoms with Crippen molar-refractivity contribution in [3.63, 3.8) is 0 Å². The first-order chi connectivity index (χ1) is 8.93. The van der Waals surface area contributed by atoms with E-state index >= 15 is 0 Å². The Hall–Kier alpha value is -2.44. The second-order valence-corrected chi connectivity index (χ2v) is 4.24. The first-order valence-corrected chi connectivity index (χ1v) is 5.63. The van der Waals surface area contributed by atoms with Crippen molar-refractivity contribution in [3.8, 4) is 5.69 Å². The third-order valence-electron chi connectivity index (χ3n) is 2.60. The Bertz CT molecular complexity index is 688. The lowest BCUT2D eigenvalue weighted by Gasteiger charge is -2.05. The van der Waals surface area contributed by atoms with Crippen LogP contribution >= 0.6 is 0 Å². The van der Waals surface area contributed by atoms with Gasteiger partial charge in [0.1, 0.15) is 11.5 Å². The lowest BCUT2D eigenvalue weighted by Crippen LogP contribution is -2.27. The highest BCUT2D eigenvalue weighted by atomic mass is 19.1.